The Morgan fingerprint density at radius 1 is 1.61 bits per heavy atom. The third-order valence-electron chi connectivity index (χ3n) is 2.39. The maximum absolute atomic E-state index is 11.8. The SMILES string of the molecule is COCCCC(N)C(=O)Nc1ccc(Cl)cc1Br. The largest absolute Gasteiger partial charge is 0.385 e. The molecule has 0 aromatic heterocycles. The van der Waals surface area contributed by atoms with E-state index in [1.165, 1.54) is 0 Å². The Morgan fingerprint density at radius 2 is 2.33 bits per heavy atom. The van der Waals surface area contributed by atoms with Crippen LogP contribution in [-0.2, 0) is 9.53 Å². The molecule has 100 valence electrons. The van der Waals surface area contributed by atoms with E-state index in [2.05, 4.69) is 21.2 Å². The minimum absolute atomic E-state index is 0.214. The van der Waals surface area contributed by atoms with Crippen molar-refractivity contribution in [3.05, 3.63) is 27.7 Å². The Balaban J connectivity index is 2.53. The van der Waals surface area contributed by atoms with E-state index < -0.39 is 6.04 Å². The van der Waals surface area contributed by atoms with E-state index >= 15 is 0 Å². The topological polar surface area (TPSA) is 64.3 Å². The van der Waals surface area contributed by atoms with Crippen LogP contribution in [0.5, 0.6) is 0 Å². The molecule has 0 saturated carbocycles. The number of ether oxygens (including phenoxy) is 1. The summed E-state index contributed by atoms with van der Waals surface area (Å²) in [4.78, 5) is 11.8. The average Bonchev–Trinajstić information content (AvgIpc) is 2.32. The number of carbonyl (C=O) groups excluding carboxylic acids is 1. The van der Waals surface area contributed by atoms with Crippen molar-refractivity contribution in [1.82, 2.24) is 0 Å². The van der Waals surface area contributed by atoms with Crippen LogP contribution in [0, 0.1) is 0 Å². The van der Waals surface area contributed by atoms with Gasteiger partial charge in [0.05, 0.1) is 11.7 Å². The van der Waals surface area contributed by atoms with Gasteiger partial charge >= 0.3 is 0 Å². The number of halogens is 2. The van der Waals surface area contributed by atoms with Crippen molar-refractivity contribution in [1.29, 1.82) is 0 Å². The van der Waals surface area contributed by atoms with Gasteiger partial charge in [-0.3, -0.25) is 4.79 Å². The van der Waals surface area contributed by atoms with Crippen LogP contribution in [0.15, 0.2) is 22.7 Å². The van der Waals surface area contributed by atoms with Crippen molar-refractivity contribution >= 4 is 39.1 Å². The molecule has 1 rings (SSSR count). The van der Waals surface area contributed by atoms with Crippen LogP contribution in [0.4, 0.5) is 5.69 Å². The van der Waals surface area contributed by atoms with Crippen LogP contribution in [0.3, 0.4) is 0 Å². The lowest BCUT2D eigenvalue weighted by molar-refractivity contribution is -0.117. The highest BCUT2D eigenvalue weighted by Gasteiger charge is 2.14. The van der Waals surface area contributed by atoms with Crippen LogP contribution in [0.2, 0.25) is 5.02 Å². The zero-order valence-electron chi connectivity index (χ0n) is 10.1. The van der Waals surface area contributed by atoms with E-state index in [0.29, 0.717) is 23.7 Å². The second kappa shape index (κ2) is 7.74. The molecule has 0 saturated heterocycles. The molecule has 1 aromatic carbocycles. The Bertz CT molecular complexity index is 415. The smallest absolute Gasteiger partial charge is 0.241 e. The highest BCUT2D eigenvalue weighted by atomic mass is 79.9. The van der Waals surface area contributed by atoms with Gasteiger partial charge in [-0.1, -0.05) is 11.6 Å². The molecule has 3 N–H and O–H groups in total. The number of carbonyl (C=O) groups is 1. The molecule has 0 aliphatic heterocycles. The van der Waals surface area contributed by atoms with Gasteiger partial charge in [0.1, 0.15) is 0 Å². The van der Waals surface area contributed by atoms with Crippen LogP contribution in [-0.4, -0.2) is 25.7 Å². The summed E-state index contributed by atoms with van der Waals surface area (Å²) in [7, 11) is 1.62. The van der Waals surface area contributed by atoms with E-state index in [-0.39, 0.29) is 5.91 Å². The summed E-state index contributed by atoms with van der Waals surface area (Å²) in [6, 6.07) is 4.61. The number of methoxy groups -OCH3 is 1. The maximum Gasteiger partial charge on any atom is 0.241 e. The van der Waals surface area contributed by atoms with Crippen LogP contribution in [0.1, 0.15) is 12.8 Å². The normalized spacial score (nSPS) is 12.2. The standard InChI is InChI=1S/C12H16BrClN2O2/c1-18-6-2-3-10(15)12(17)16-11-5-4-8(14)7-9(11)13/h4-5,7,10H,2-3,6,15H2,1H3,(H,16,17). The van der Waals surface area contributed by atoms with E-state index in [4.69, 9.17) is 22.1 Å². The molecule has 1 atom stereocenters. The zero-order valence-corrected chi connectivity index (χ0v) is 12.4. The van der Waals surface area contributed by atoms with Crippen molar-refractivity contribution in [2.24, 2.45) is 5.73 Å². The molecule has 6 heteroatoms. The molecular weight excluding hydrogens is 320 g/mol. The van der Waals surface area contributed by atoms with E-state index in [9.17, 15) is 4.79 Å². The first-order chi connectivity index (χ1) is 8.54. The first-order valence-electron chi connectivity index (χ1n) is 5.55. The first-order valence-corrected chi connectivity index (χ1v) is 6.72. The molecule has 18 heavy (non-hydrogen) atoms. The Hall–Kier alpha value is -0.620. The summed E-state index contributed by atoms with van der Waals surface area (Å²) in [5.41, 5.74) is 6.44. The maximum atomic E-state index is 11.8. The summed E-state index contributed by atoms with van der Waals surface area (Å²) in [6.07, 6.45) is 1.34. The highest BCUT2D eigenvalue weighted by Crippen LogP contribution is 2.25. The molecule has 0 bridgehead atoms. The highest BCUT2D eigenvalue weighted by molar-refractivity contribution is 9.10. The van der Waals surface area contributed by atoms with Gasteiger partial charge in [-0.2, -0.15) is 0 Å². The summed E-state index contributed by atoms with van der Waals surface area (Å²) in [6.45, 7) is 0.603. The number of hydrogen-bond donors (Lipinski definition) is 2. The minimum atomic E-state index is -0.539. The fourth-order valence-electron chi connectivity index (χ4n) is 1.39. The molecule has 0 aliphatic rings. The lowest BCUT2D eigenvalue weighted by atomic mass is 10.1. The molecule has 1 amide bonds. The van der Waals surface area contributed by atoms with E-state index in [0.717, 1.165) is 10.9 Å². The molecule has 4 nitrogen and oxygen atoms in total. The monoisotopic (exact) mass is 334 g/mol. The number of benzene rings is 1. The second-order valence-corrected chi connectivity index (χ2v) is 5.15. The van der Waals surface area contributed by atoms with Gasteiger partial charge in [0.25, 0.3) is 0 Å². The Kier molecular flexibility index (Phi) is 6.63. The van der Waals surface area contributed by atoms with E-state index in [1.54, 1.807) is 25.3 Å². The predicted octanol–water partition coefficient (Wildman–Crippen LogP) is 2.79. The van der Waals surface area contributed by atoms with Gasteiger partial charge in [0.2, 0.25) is 5.91 Å². The van der Waals surface area contributed by atoms with Crippen molar-refractivity contribution in [3.63, 3.8) is 0 Å². The third-order valence-corrected chi connectivity index (χ3v) is 3.28. The summed E-state index contributed by atoms with van der Waals surface area (Å²) < 4.78 is 5.64. The minimum Gasteiger partial charge on any atom is -0.385 e. The molecule has 0 spiro atoms. The van der Waals surface area contributed by atoms with Gasteiger partial charge in [-0.25, -0.2) is 0 Å². The number of amides is 1. The number of nitrogens with two attached hydrogens (primary N) is 1. The number of hydrogen-bond acceptors (Lipinski definition) is 3. The molecule has 0 heterocycles. The molecule has 0 fully saturated rings. The fourth-order valence-corrected chi connectivity index (χ4v) is 2.18. The lowest BCUT2D eigenvalue weighted by Crippen LogP contribution is -2.35. The quantitative estimate of drug-likeness (QED) is 0.786. The number of rotatable bonds is 6. The fraction of sp³-hybridized carbons (Fsp3) is 0.417. The van der Waals surface area contributed by atoms with Crippen LogP contribution in [0.25, 0.3) is 0 Å². The summed E-state index contributed by atoms with van der Waals surface area (Å²) >= 11 is 9.15. The molecular formula is C12H16BrClN2O2. The second-order valence-electron chi connectivity index (χ2n) is 3.85. The Labute approximate surface area is 120 Å². The molecule has 1 unspecified atom stereocenters. The van der Waals surface area contributed by atoms with E-state index in [1.807, 2.05) is 0 Å². The van der Waals surface area contributed by atoms with Crippen LogP contribution < -0.4 is 11.1 Å². The number of nitrogens with one attached hydrogen (secondary N) is 1. The molecule has 0 aliphatic carbocycles. The average molecular weight is 336 g/mol. The van der Waals surface area contributed by atoms with Gasteiger partial charge in [0.15, 0.2) is 0 Å². The van der Waals surface area contributed by atoms with Crippen molar-refractivity contribution in [2.75, 3.05) is 19.0 Å². The molecule has 0 radical (unpaired) electrons. The van der Waals surface area contributed by atoms with Crippen molar-refractivity contribution < 1.29 is 9.53 Å². The lowest BCUT2D eigenvalue weighted by Gasteiger charge is -2.13. The van der Waals surface area contributed by atoms with Gasteiger partial charge in [-0.05, 0) is 47.0 Å². The van der Waals surface area contributed by atoms with Crippen molar-refractivity contribution in [3.8, 4) is 0 Å². The van der Waals surface area contributed by atoms with Crippen LogP contribution >= 0.6 is 27.5 Å². The van der Waals surface area contributed by atoms with Gasteiger partial charge in [0, 0.05) is 23.2 Å². The third kappa shape index (κ3) is 4.94. The zero-order chi connectivity index (χ0) is 13.5. The summed E-state index contributed by atoms with van der Waals surface area (Å²) in [5.74, 6) is -0.214. The first kappa shape index (κ1) is 15.4. The van der Waals surface area contributed by atoms with Gasteiger partial charge < -0.3 is 15.8 Å². The number of anilines is 1. The van der Waals surface area contributed by atoms with Gasteiger partial charge in [-0.15, -0.1) is 0 Å². The summed E-state index contributed by atoms with van der Waals surface area (Å²) in [5, 5.41) is 3.36. The predicted molar refractivity (Wildman–Crippen MR) is 76.9 cm³/mol. The Morgan fingerprint density at radius 3 is 2.94 bits per heavy atom. The molecule has 1 aromatic rings. The van der Waals surface area contributed by atoms with Crippen molar-refractivity contribution in [2.45, 2.75) is 18.9 Å².